The molecule has 0 amide bonds. The van der Waals surface area contributed by atoms with Crippen molar-refractivity contribution in [3.8, 4) is 11.3 Å². The Kier molecular flexibility index (Phi) is 5.25. The molecule has 3 rings (SSSR count). The molecule has 6 heteroatoms. The lowest BCUT2D eigenvalue weighted by Gasteiger charge is -2.13. The van der Waals surface area contributed by atoms with Crippen molar-refractivity contribution >= 4 is 11.6 Å². The summed E-state index contributed by atoms with van der Waals surface area (Å²) in [4.78, 5) is 0. The summed E-state index contributed by atoms with van der Waals surface area (Å²) < 4.78 is 13.6. The Morgan fingerprint density at radius 2 is 2.04 bits per heavy atom. The molecule has 3 N–H and O–H groups in total. The zero-order valence-corrected chi connectivity index (χ0v) is 13.6. The number of aliphatic hydroxyl groups is 1. The van der Waals surface area contributed by atoms with Gasteiger partial charge in [-0.15, -0.1) is 0 Å². The Labute approximate surface area is 144 Å². The first kappa shape index (κ1) is 16.6. The molecule has 4 nitrogen and oxygen atoms in total. The van der Waals surface area contributed by atoms with Gasteiger partial charge >= 0.3 is 0 Å². The van der Waals surface area contributed by atoms with E-state index in [0.717, 1.165) is 16.8 Å². The van der Waals surface area contributed by atoms with Crippen LogP contribution < -0.4 is 5.32 Å². The van der Waals surface area contributed by atoms with Crippen molar-refractivity contribution in [3.63, 3.8) is 0 Å². The van der Waals surface area contributed by atoms with Gasteiger partial charge in [0.1, 0.15) is 5.82 Å². The van der Waals surface area contributed by atoms with Crippen LogP contribution in [0.3, 0.4) is 0 Å². The van der Waals surface area contributed by atoms with Crippen LogP contribution in [0.1, 0.15) is 17.2 Å². The first-order chi connectivity index (χ1) is 11.6. The molecular weight excluding hydrogens is 329 g/mol. The highest BCUT2D eigenvalue weighted by molar-refractivity contribution is 6.30. The van der Waals surface area contributed by atoms with Gasteiger partial charge in [-0.25, -0.2) is 4.39 Å². The summed E-state index contributed by atoms with van der Waals surface area (Å²) in [5.41, 5.74) is 3.03. The van der Waals surface area contributed by atoms with E-state index in [1.807, 2.05) is 24.3 Å². The molecule has 1 atom stereocenters. The third-order valence-electron chi connectivity index (χ3n) is 3.75. The molecule has 1 heterocycles. The van der Waals surface area contributed by atoms with E-state index in [4.69, 9.17) is 11.6 Å². The predicted molar refractivity (Wildman–Crippen MR) is 92.1 cm³/mol. The fourth-order valence-electron chi connectivity index (χ4n) is 2.54. The molecule has 1 unspecified atom stereocenters. The summed E-state index contributed by atoms with van der Waals surface area (Å²) >= 11 is 6.02. The molecule has 0 radical (unpaired) electrons. The van der Waals surface area contributed by atoms with Gasteiger partial charge in [0.15, 0.2) is 0 Å². The number of nitrogens with zero attached hydrogens (tertiary/aromatic N) is 1. The molecule has 0 spiro atoms. The molecule has 0 aliphatic carbocycles. The molecule has 3 aromatic rings. The molecular formula is C18H17ClFN3O. The van der Waals surface area contributed by atoms with Gasteiger partial charge in [-0.1, -0.05) is 41.9 Å². The first-order valence-corrected chi connectivity index (χ1v) is 7.94. The minimum atomic E-state index is -0.910. The second-order valence-corrected chi connectivity index (χ2v) is 5.89. The first-order valence-electron chi connectivity index (χ1n) is 7.56. The van der Waals surface area contributed by atoms with Crippen LogP contribution in [0.2, 0.25) is 5.02 Å². The number of hydrogen-bond donors (Lipinski definition) is 3. The zero-order chi connectivity index (χ0) is 16.9. The number of aromatic amines is 1. The smallest absolute Gasteiger partial charge is 0.129 e. The van der Waals surface area contributed by atoms with Gasteiger partial charge in [-0.05, 0) is 18.2 Å². The topological polar surface area (TPSA) is 60.9 Å². The van der Waals surface area contributed by atoms with Gasteiger partial charge in [0.2, 0.25) is 0 Å². The van der Waals surface area contributed by atoms with E-state index in [1.54, 1.807) is 24.4 Å². The van der Waals surface area contributed by atoms with Crippen molar-refractivity contribution in [2.75, 3.05) is 6.54 Å². The van der Waals surface area contributed by atoms with Gasteiger partial charge in [-0.3, -0.25) is 5.10 Å². The fourth-order valence-corrected chi connectivity index (χ4v) is 2.73. The SMILES string of the molecule is OC(CNCc1cn[nH]c1-c1cccc(Cl)c1)c1ccccc1F. The summed E-state index contributed by atoms with van der Waals surface area (Å²) in [7, 11) is 0. The second kappa shape index (κ2) is 7.57. The average molecular weight is 346 g/mol. The van der Waals surface area contributed by atoms with Crippen LogP contribution in [-0.2, 0) is 6.54 Å². The highest BCUT2D eigenvalue weighted by Crippen LogP contribution is 2.24. The van der Waals surface area contributed by atoms with Crippen LogP contribution >= 0.6 is 11.6 Å². The second-order valence-electron chi connectivity index (χ2n) is 5.45. The quantitative estimate of drug-likeness (QED) is 0.638. The number of H-pyrrole nitrogens is 1. The summed E-state index contributed by atoms with van der Waals surface area (Å²) in [5, 5.41) is 20.9. The minimum Gasteiger partial charge on any atom is -0.387 e. The van der Waals surface area contributed by atoms with Crippen molar-refractivity contribution in [1.29, 1.82) is 0 Å². The number of rotatable bonds is 6. The van der Waals surface area contributed by atoms with Crippen LogP contribution in [0.25, 0.3) is 11.3 Å². The highest BCUT2D eigenvalue weighted by atomic mass is 35.5. The molecule has 2 aromatic carbocycles. The van der Waals surface area contributed by atoms with Crippen LogP contribution in [0.15, 0.2) is 54.7 Å². The largest absolute Gasteiger partial charge is 0.387 e. The summed E-state index contributed by atoms with van der Waals surface area (Å²) in [5.74, 6) is -0.408. The third-order valence-corrected chi connectivity index (χ3v) is 3.98. The lowest BCUT2D eigenvalue weighted by molar-refractivity contribution is 0.169. The molecule has 0 fully saturated rings. The van der Waals surface area contributed by atoms with Crippen molar-refractivity contribution in [2.45, 2.75) is 12.6 Å². The summed E-state index contributed by atoms with van der Waals surface area (Å²) in [6.07, 6.45) is 0.811. The molecule has 124 valence electrons. The van der Waals surface area contributed by atoms with E-state index < -0.39 is 11.9 Å². The Hall–Kier alpha value is -2.21. The lowest BCUT2D eigenvalue weighted by atomic mass is 10.1. The number of benzene rings is 2. The van der Waals surface area contributed by atoms with Crippen LogP contribution in [0.5, 0.6) is 0 Å². The Bertz CT molecular complexity index is 821. The maximum absolute atomic E-state index is 13.6. The van der Waals surface area contributed by atoms with Crippen molar-refractivity contribution in [2.24, 2.45) is 0 Å². The maximum Gasteiger partial charge on any atom is 0.129 e. The zero-order valence-electron chi connectivity index (χ0n) is 12.8. The predicted octanol–water partition coefficient (Wildman–Crippen LogP) is 3.69. The van der Waals surface area contributed by atoms with E-state index in [2.05, 4.69) is 15.5 Å². The normalized spacial score (nSPS) is 12.3. The van der Waals surface area contributed by atoms with Crippen LogP contribution in [0.4, 0.5) is 4.39 Å². The molecule has 0 saturated carbocycles. The van der Waals surface area contributed by atoms with E-state index in [1.165, 1.54) is 6.07 Å². The maximum atomic E-state index is 13.6. The fraction of sp³-hybridized carbons (Fsp3) is 0.167. The van der Waals surface area contributed by atoms with E-state index in [0.29, 0.717) is 11.6 Å². The van der Waals surface area contributed by atoms with E-state index in [9.17, 15) is 9.50 Å². The number of hydrogen-bond acceptors (Lipinski definition) is 3. The number of nitrogens with one attached hydrogen (secondary N) is 2. The summed E-state index contributed by atoms with van der Waals surface area (Å²) in [6, 6.07) is 13.7. The standard InChI is InChI=1S/C18H17ClFN3O/c19-14-5-3-4-12(8-14)18-13(10-22-23-18)9-21-11-17(24)15-6-1-2-7-16(15)20/h1-8,10,17,21,24H,9,11H2,(H,22,23). The van der Waals surface area contributed by atoms with Crippen molar-refractivity contribution in [3.05, 3.63) is 76.7 Å². The van der Waals surface area contributed by atoms with Gasteiger partial charge in [0.05, 0.1) is 18.0 Å². The van der Waals surface area contributed by atoms with Crippen molar-refractivity contribution in [1.82, 2.24) is 15.5 Å². The Morgan fingerprint density at radius 3 is 2.83 bits per heavy atom. The summed E-state index contributed by atoms with van der Waals surface area (Å²) in [6.45, 7) is 0.727. The van der Waals surface area contributed by atoms with Gasteiger partial charge in [0.25, 0.3) is 0 Å². The van der Waals surface area contributed by atoms with Crippen molar-refractivity contribution < 1.29 is 9.50 Å². The molecule has 0 aliphatic heterocycles. The lowest BCUT2D eigenvalue weighted by Crippen LogP contribution is -2.21. The molecule has 1 aromatic heterocycles. The van der Waals surface area contributed by atoms with Crippen LogP contribution in [-0.4, -0.2) is 21.8 Å². The van der Waals surface area contributed by atoms with Gasteiger partial charge < -0.3 is 10.4 Å². The number of aromatic nitrogens is 2. The van der Waals surface area contributed by atoms with E-state index in [-0.39, 0.29) is 12.1 Å². The molecule has 0 aliphatic rings. The van der Waals surface area contributed by atoms with E-state index >= 15 is 0 Å². The van der Waals surface area contributed by atoms with Crippen LogP contribution in [0, 0.1) is 5.82 Å². The minimum absolute atomic E-state index is 0.237. The van der Waals surface area contributed by atoms with Gasteiger partial charge in [-0.2, -0.15) is 5.10 Å². The number of aliphatic hydroxyl groups excluding tert-OH is 1. The highest BCUT2D eigenvalue weighted by Gasteiger charge is 2.13. The average Bonchev–Trinajstić information content (AvgIpc) is 3.03. The molecule has 24 heavy (non-hydrogen) atoms. The third kappa shape index (κ3) is 3.82. The Balaban J connectivity index is 1.64. The monoisotopic (exact) mass is 345 g/mol. The molecule has 0 bridgehead atoms. The number of halogens is 2. The van der Waals surface area contributed by atoms with Gasteiger partial charge in [0, 0.05) is 34.8 Å². The molecule has 0 saturated heterocycles. The Morgan fingerprint density at radius 1 is 1.21 bits per heavy atom.